The van der Waals surface area contributed by atoms with Crippen LogP contribution in [0.5, 0.6) is 0 Å². The van der Waals surface area contributed by atoms with Gasteiger partial charge in [0.25, 0.3) is 0 Å². The first-order chi connectivity index (χ1) is 11.7. The topological polar surface area (TPSA) is 35.8 Å². The minimum absolute atomic E-state index is 0. The van der Waals surface area contributed by atoms with Gasteiger partial charge in [0.2, 0.25) is 0 Å². The molecule has 0 amide bonds. The van der Waals surface area contributed by atoms with Crippen molar-refractivity contribution in [3.63, 3.8) is 0 Å². The second kappa shape index (κ2) is 15.9. The Labute approximate surface area is 163 Å². The van der Waals surface area contributed by atoms with Crippen molar-refractivity contribution in [2.75, 3.05) is 13.1 Å². The van der Waals surface area contributed by atoms with Crippen LogP contribution < -0.4 is 0 Å². The van der Waals surface area contributed by atoms with E-state index in [4.69, 9.17) is 4.99 Å². The molecule has 0 aromatic carbocycles. The highest BCUT2D eigenvalue weighted by atomic mass is 35.5. The molecular weight excluding hydrogens is 332 g/mol. The van der Waals surface area contributed by atoms with Crippen molar-refractivity contribution in [1.82, 2.24) is 4.90 Å². The van der Waals surface area contributed by atoms with E-state index in [1.165, 1.54) is 70.0 Å². The van der Waals surface area contributed by atoms with Gasteiger partial charge in [-0.3, -0.25) is 4.99 Å². The maximum Gasteiger partial charge on any atom is 0.0993 e. The van der Waals surface area contributed by atoms with Gasteiger partial charge in [-0.2, -0.15) is 0 Å². The zero-order valence-electron chi connectivity index (χ0n) is 17.0. The Morgan fingerprint density at radius 3 is 2.00 bits per heavy atom. The summed E-state index contributed by atoms with van der Waals surface area (Å²) < 4.78 is 0. The van der Waals surface area contributed by atoms with E-state index >= 15 is 0 Å². The minimum atomic E-state index is -0.263. The fourth-order valence-corrected chi connectivity index (χ4v) is 3.81. The van der Waals surface area contributed by atoms with Gasteiger partial charge in [0, 0.05) is 13.0 Å². The molecule has 0 radical (unpaired) electrons. The number of unbranched alkanes of at least 4 members (excludes halogenated alkanes) is 9. The van der Waals surface area contributed by atoms with E-state index < -0.39 is 0 Å². The molecule has 3 nitrogen and oxygen atoms in total. The number of aliphatic hydroxyl groups is 1. The standard InChI is InChI=1S/C21H42N2O.ClH/c1-4-6-7-8-9-10-11-12-13-14-16-21-22-17-18-23(21)20(15-5-2)19(3)24;/h19-20,24H,4-18H2,1-3H3;1H. The third-order valence-electron chi connectivity index (χ3n) is 5.26. The molecular formula is C21H43ClN2O. The molecule has 150 valence electrons. The second-order valence-corrected chi connectivity index (χ2v) is 7.52. The first-order valence-corrected chi connectivity index (χ1v) is 10.7. The predicted octanol–water partition coefficient (Wildman–Crippen LogP) is 5.98. The normalized spacial score (nSPS) is 16.5. The van der Waals surface area contributed by atoms with E-state index in [1.807, 2.05) is 6.92 Å². The number of aliphatic hydroxyl groups excluding tert-OH is 1. The first kappa shape index (κ1) is 24.7. The highest BCUT2D eigenvalue weighted by Crippen LogP contribution is 2.19. The Hall–Kier alpha value is -0.280. The average molecular weight is 375 g/mol. The Kier molecular flexibility index (Phi) is 15.8. The lowest BCUT2D eigenvalue weighted by molar-refractivity contribution is 0.0966. The Bertz CT molecular complexity index is 334. The van der Waals surface area contributed by atoms with Gasteiger partial charge in [0.05, 0.1) is 24.5 Å². The van der Waals surface area contributed by atoms with Crippen LogP contribution in [0.2, 0.25) is 0 Å². The Morgan fingerprint density at radius 2 is 1.48 bits per heavy atom. The van der Waals surface area contributed by atoms with E-state index in [2.05, 4.69) is 18.7 Å². The highest BCUT2D eigenvalue weighted by Gasteiger charge is 2.27. The lowest BCUT2D eigenvalue weighted by atomic mass is 10.0. The van der Waals surface area contributed by atoms with Gasteiger partial charge < -0.3 is 10.0 Å². The predicted molar refractivity (Wildman–Crippen MR) is 113 cm³/mol. The van der Waals surface area contributed by atoms with Gasteiger partial charge in [-0.05, 0) is 19.8 Å². The van der Waals surface area contributed by atoms with Gasteiger partial charge in [0.15, 0.2) is 0 Å². The Balaban J connectivity index is 0.00000576. The number of amidine groups is 1. The van der Waals surface area contributed by atoms with Gasteiger partial charge in [-0.1, -0.05) is 78.1 Å². The second-order valence-electron chi connectivity index (χ2n) is 7.52. The number of hydrogen-bond donors (Lipinski definition) is 1. The summed E-state index contributed by atoms with van der Waals surface area (Å²) in [6, 6.07) is 0.263. The lowest BCUT2D eigenvalue weighted by Crippen LogP contribution is -2.44. The van der Waals surface area contributed by atoms with Crippen molar-refractivity contribution in [2.45, 2.75) is 116 Å². The summed E-state index contributed by atoms with van der Waals surface area (Å²) >= 11 is 0. The molecule has 0 aliphatic carbocycles. The summed E-state index contributed by atoms with van der Waals surface area (Å²) in [6.07, 6.45) is 16.8. The molecule has 25 heavy (non-hydrogen) atoms. The van der Waals surface area contributed by atoms with Crippen LogP contribution in [0.25, 0.3) is 0 Å². The molecule has 0 bridgehead atoms. The van der Waals surface area contributed by atoms with Crippen LogP contribution in [-0.4, -0.2) is 41.1 Å². The van der Waals surface area contributed by atoms with Crippen LogP contribution in [0.3, 0.4) is 0 Å². The summed E-state index contributed by atoms with van der Waals surface area (Å²) in [5, 5.41) is 10.1. The molecule has 0 saturated carbocycles. The highest BCUT2D eigenvalue weighted by molar-refractivity contribution is 5.85. The molecule has 2 unspecified atom stereocenters. The van der Waals surface area contributed by atoms with E-state index in [1.54, 1.807) is 0 Å². The zero-order chi connectivity index (χ0) is 17.6. The van der Waals surface area contributed by atoms with Crippen molar-refractivity contribution < 1.29 is 5.11 Å². The van der Waals surface area contributed by atoms with E-state index in [0.29, 0.717) is 0 Å². The summed E-state index contributed by atoms with van der Waals surface area (Å²) in [7, 11) is 0. The first-order valence-electron chi connectivity index (χ1n) is 10.7. The minimum Gasteiger partial charge on any atom is -0.391 e. The van der Waals surface area contributed by atoms with E-state index in [0.717, 1.165) is 32.4 Å². The maximum atomic E-state index is 10.1. The van der Waals surface area contributed by atoms with Crippen LogP contribution in [0.15, 0.2) is 4.99 Å². The van der Waals surface area contributed by atoms with Gasteiger partial charge in [-0.15, -0.1) is 12.4 Å². The lowest BCUT2D eigenvalue weighted by Gasteiger charge is -2.32. The molecule has 1 rings (SSSR count). The van der Waals surface area contributed by atoms with Gasteiger partial charge in [0.1, 0.15) is 0 Å². The molecule has 0 aromatic rings. The zero-order valence-corrected chi connectivity index (χ0v) is 17.8. The number of nitrogens with zero attached hydrogens (tertiary/aromatic N) is 2. The fraction of sp³-hybridized carbons (Fsp3) is 0.952. The van der Waals surface area contributed by atoms with Crippen molar-refractivity contribution in [1.29, 1.82) is 0 Å². The van der Waals surface area contributed by atoms with E-state index in [9.17, 15) is 5.11 Å². The van der Waals surface area contributed by atoms with Crippen LogP contribution in [0.1, 0.15) is 104 Å². The van der Waals surface area contributed by atoms with Crippen LogP contribution >= 0.6 is 12.4 Å². The maximum absolute atomic E-state index is 10.1. The van der Waals surface area contributed by atoms with Crippen molar-refractivity contribution in [2.24, 2.45) is 4.99 Å². The largest absolute Gasteiger partial charge is 0.391 e. The molecule has 2 atom stereocenters. The van der Waals surface area contributed by atoms with Crippen molar-refractivity contribution in [3.05, 3.63) is 0 Å². The summed E-state index contributed by atoms with van der Waals surface area (Å²) in [5.41, 5.74) is 0. The molecule has 1 aliphatic heterocycles. The summed E-state index contributed by atoms with van der Waals surface area (Å²) in [5.74, 6) is 1.26. The number of rotatable bonds is 15. The smallest absolute Gasteiger partial charge is 0.0993 e. The molecule has 0 spiro atoms. The third-order valence-corrected chi connectivity index (χ3v) is 5.26. The third kappa shape index (κ3) is 10.5. The van der Waals surface area contributed by atoms with E-state index in [-0.39, 0.29) is 24.6 Å². The molecule has 1 aliphatic rings. The Morgan fingerprint density at radius 1 is 0.920 bits per heavy atom. The SMILES string of the molecule is CCCCCCCCCCCCC1=NCCN1C(CCC)C(C)O.Cl. The molecule has 4 heteroatoms. The molecule has 0 saturated heterocycles. The van der Waals surface area contributed by atoms with Crippen LogP contribution in [-0.2, 0) is 0 Å². The van der Waals surface area contributed by atoms with Gasteiger partial charge in [-0.25, -0.2) is 0 Å². The average Bonchev–Trinajstić information content (AvgIpc) is 3.02. The van der Waals surface area contributed by atoms with Crippen LogP contribution in [0, 0.1) is 0 Å². The fourth-order valence-electron chi connectivity index (χ4n) is 3.81. The summed E-state index contributed by atoms with van der Waals surface area (Å²) in [6.45, 7) is 8.32. The van der Waals surface area contributed by atoms with Crippen LogP contribution in [0.4, 0.5) is 0 Å². The monoisotopic (exact) mass is 374 g/mol. The molecule has 0 aromatic heterocycles. The van der Waals surface area contributed by atoms with Crippen molar-refractivity contribution >= 4 is 18.2 Å². The quantitative estimate of drug-likeness (QED) is 0.358. The number of halogens is 1. The van der Waals surface area contributed by atoms with Gasteiger partial charge >= 0.3 is 0 Å². The summed E-state index contributed by atoms with van der Waals surface area (Å²) in [4.78, 5) is 7.10. The number of hydrogen-bond acceptors (Lipinski definition) is 3. The van der Waals surface area contributed by atoms with Crippen molar-refractivity contribution in [3.8, 4) is 0 Å². The number of aliphatic imine (C=N–C) groups is 1. The molecule has 1 heterocycles. The molecule has 0 fully saturated rings. The molecule has 1 N–H and O–H groups in total.